The van der Waals surface area contributed by atoms with Gasteiger partial charge >= 0.3 is 0 Å². The summed E-state index contributed by atoms with van der Waals surface area (Å²) in [4.78, 5) is 23.5. The summed E-state index contributed by atoms with van der Waals surface area (Å²) in [5.74, 6) is -0.100. The first-order valence-electron chi connectivity index (χ1n) is 7.53. The number of benzene rings is 1. The molecule has 0 spiro atoms. The third kappa shape index (κ3) is 4.82. The molecule has 5 nitrogen and oxygen atoms in total. The first-order valence-corrected chi connectivity index (χ1v) is 8.41. The van der Waals surface area contributed by atoms with Crippen LogP contribution in [0.2, 0.25) is 0 Å². The van der Waals surface area contributed by atoms with E-state index in [0.29, 0.717) is 22.7 Å². The van der Waals surface area contributed by atoms with E-state index in [9.17, 15) is 9.59 Å². The molecule has 0 radical (unpaired) electrons. The molecule has 1 heterocycles. The van der Waals surface area contributed by atoms with E-state index in [-0.39, 0.29) is 5.91 Å². The Labute approximate surface area is 139 Å². The van der Waals surface area contributed by atoms with Gasteiger partial charge in [-0.2, -0.15) is 0 Å². The van der Waals surface area contributed by atoms with Gasteiger partial charge in [0, 0.05) is 5.56 Å². The summed E-state index contributed by atoms with van der Waals surface area (Å²) in [6.07, 6.45) is 3.31. The molecule has 2 rings (SSSR count). The standard InChI is InChI=1S/C17H20N2O3S/c1-2-3-4-10-22-13-7-5-12(6-8-13)16(21)19-17-14(15(18)20)9-11-23-17/h5-9,11H,2-4,10H2,1H3,(H2,18,20)(H,19,21). The number of carbonyl (C=O) groups is 2. The second kappa shape index (κ2) is 8.33. The van der Waals surface area contributed by atoms with Crippen molar-refractivity contribution in [3.8, 4) is 5.75 Å². The molecule has 0 fully saturated rings. The summed E-state index contributed by atoms with van der Waals surface area (Å²) in [5.41, 5.74) is 6.07. The highest BCUT2D eigenvalue weighted by Gasteiger charge is 2.13. The molecular formula is C17H20N2O3S. The highest BCUT2D eigenvalue weighted by atomic mass is 32.1. The van der Waals surface area contributed by atoms with E-state index in [4.69, 9.17) is 10.5 Å². The molecule has 0 aliphatic rings. The highest BCUT2D eigenvalue weighted by molar-refractivity contribution is 7.14. The van der Waals surface area contributed by atoms with Crippen molar-refractivity contribution in [1.82, 2.24) is 0 Å². The third-order valence-electron chi connectivity index (χ3n) is 3.29. The van der Waals surface area contributed by atoms with Gasteiger partial charge in [0.15, 0.2) is 0 Å². The lowest BCUT2D eigenvalue weighted by atomic mass is 10.2. The number of anilines is 1. The molecule has 23 heavy (non-hydrogen) atoms. The fourth-order valence-corrected chi connectivity index (χ4v) is 2.81. The van der Waals surface area contributed by atoms with Crippen LogP contribution in [-0.4, -0.2) is 18.4 Å². The van der Waals surface area contributed by atoms with E-state index < -0.39 is 5.91 Å². The number of hydrogen-bond acceptors (Lipinski definition) is 4. The normalized spacial score (nSPS) is 10.3. The van der Waals surface area contributed by atoms with E-state index in [1.165, 1.54) is 11.3 Å². The molecule has 2 aromatic rings. The summed E-state index contributed by atoms with van der Waals surface area (Å²) in [5, 5.41) is 4.88. The van der Waals surface area contributed by atoms with Crippen LogP contribution in [0.25, 0.3) is 0 Å². The molecule has 0 bridgehead atoms. The average molecular weight is 332 g/mol. The lowest BCUT2D eigenvalue weighted by molar-refractivity contribution is 0.100. The second-order valence-corrected chi connectivity index (χ2v) is 5.98. The predicted molar refractivity (Wildman–Crippen MR) is 92.3 cm³/mol. The van der Waals surface area contributed by atoms with Gasteiger partial charge in [0.25, 0.3) is 11.8 Å². The van der Waals surface area contributed by atoms with Gasteiger partial charge in [-0.3, -0.25) is 9.59 Å². The predicted octanol–water partition coefficient (Wildman–Crippen LogP) is 3.67. The summed E-state index contributed by atoms with van der Waals surface area (Å²) < 4.78 is 5.61. The monoisotopic (exact) mass is 332 g/mol. The van der Waals surface area contributed by atoms with Crippen LogP contribution >= 0.6 is 11.3 Å². The van der Waals surface area contributed by atoms with Crippen LogP contribution in [0, 0.1) is 0 Å². The lowest BCUT2D eigenvalue weighted by Gasteiger charge is -2.07. The molecule has 1 aromatic heterocycles. The van der Waals surface area contributed by atoms with Crippen molar-refractivity contribution in [3.63, 3.8) is 0 Å². The first-order chi connectivity index (χ1) is 11.1. The van der Waals surface area contributed by atoms with Gasteiger partial charge in [-0.05, 0) is 42.1 Å². The van der Waals surface area contributed by atoms with Gasteiger partial charge < -0.3 is 15.8 Å². The molecular weight excluding hydrogens is 312 g/mol. The Morgan fingerprint density at radius 2 is 1.91 bits per heavy atom. The molecule has 0 saturated carbocycles. The van der Waals surface area contributed by atoms with E-state index in [2.05, 4.69) is 12.2 Å². The Morgan fingerprint density at radius 3 is 2.57 bits per heavy atom. The number of rotatable bonds is 8. The molecule has 0 aliphatic carbocycles. The van der Waals surface area contributed by atoms with Crippen LogP contribution in [0.5, 0.6) is 5.75 Å². The number of hydrogen-bond donors (Lipinski definition) is 2. The van der Waals surface area contributed by atoms with Gasteiger partial charge in [0.2, 0.25) is 0 Å². The Kier molecular flexibility index (Phi) is 6.17. The highest BCUT2D eigenvalue weighted by Crippen LogP contribution is 2.23. The maximum Gasteiger partial charge on any atom is 0.256 e. The fourth-order valence-electron chi connectivity index (χ4n) is 2.02. The molecule has 0 saturated heterocycles. The molecule has 0 atom stereocenters. The number of ether oxygens (including phenoxy) is 1. The number of primary amides is 1. The molecule has 1 aromatic carbocycles. The molecule has 0 aliphatic heterocycles. The third-order valence-corrected chi connectivity index (χ3v) is 4.12. The quantitative estimate of drug-likeness (QED) is 0.724. The second-order valence-electron chi connectivity index (χ2n) is 5.06. The molecule has 2 amide bonds. The molecule has 3 N–H and O–H groups in total. The van der Waals surface area contributed by atoms with E-state index in [1.54, 1.807) is 35.7 Å². The molecule has 122 valence electrons. The summed E-state index contributed by atoms with van der Waals surface area (Å²) >= 11 is 1.26. The van der Waals surface area contributed by atoms with Crippen molar-refractivity contribution in [1.29, 1.82) is 0 Å². The average Bonchev–Trinajstić information content (AvgIpc) is 3.00. The van der Waals surface area contributed by atoms with Crippen molar-refractivity contribution in [2.24, 2.45) is 5.73 Å². The van der Waals surface area contributed by atoms with E-state index in [0.717, 1.165) is 25.0 Å². The van der Waals surface area contributed by atoms with Crippen LogP contribution in [0.15, 0.2) is 35.7 Å². The van der Waals surface area contributed by atoms with Gasteiger partial charge in [0.1, 0.15) is 10.8 Å². The van der Waals surface area contributed by atoms with E-state index >= 15 is 0 Å². The zero-order chi connectivity index (χ0) is 16.7. The minimum absolute atomic E-state index is 0.285. The number of nitrogens with two attached hydrogens (primary N) is 1. The largest absolute Gasteiger partial charge is 0.494 e. The van der Waals surface area contributed by atoms with Gasteiger partial charge in [-0.25, -0.2) is 0 Å². The Bertz CT molecular complexity index is 665. The topological polar surface area (TPSA) is 81.4 Å². The number of amides is 2. The van der Waals surface area contributed by atoms with Crippen molar-refractivity contribution < 1.29 is 14.3 Å². The van der Waals surface area contributed by atoms with Crippen molar-refractivity contribution in [3.05, 3.63) is 46.8 Å². The van der Waals surface area contributed by atoms with Crippen LogP contribution in [0.3, 0.4) is 0 Å². The number of unbranched alkanes of at least 4 members (excludes halogenated alkanes) is 2. The molecule has 0 unspecified atom stereocenters. The minimum Gasteiger partial charge on any atom is -0.494 e. The number of nitrogens with one attached hydrogen (secondary N) is 1. The Morgan fingerprint density at radius 1 is 1.17 bits per heavy atom. The lowest BCUT2D eigenvalue weighted by Crippen LogP contribution is -2.16. The Hall–Kier alpha value is -2.34. The van der Waals surface area contributed by atoms with Crippen LogP contribution in [0.1, 0.15) is 46.9 Å². The van der Waals surface area contributed by atoms with Crippen molar-refractivity contribution in [2.75, 3.05) is 11.9 Å². The maximum absolute atomic E-state index is 12.2. The summed E-state index contributed by atoms with van der Waals surface area (Å²) in [6, 6.07) is 8.52. The summed E-state index contributed by atoms with van der Waals surface area (Å²) in [6.45, 7) is 2.82. The summed E-state index contributed by atoms with van der Waals surface area (Å²) in [7, 11) is 0. The zero-order valence-electron chi connectivity index (χ0n) is 13.0. The van der Waals surface area contributed by atoms with E-state index in [1.807, 2.05) is 0 Å². The van der Waals surface area contributed by atoms with Gasteiger partial charge in [-0.15, -0.1) is 11.3 Å². The van der Waals surface area contributed by atoms with Crippen molar-refractivity contribution >= 4 is 28.2 Å². The fraction of sp³-hybridized carbons (Fsp3) is 0.294. The van der Waals surface area contributed by atoms with Crippen molar-refractivity contribution in [2.45, 2.75) is 26.2 Å². The SMILES string of the molecule is CCCCCOc1ccc(C(=O)Nc2sccc2C(N)=O)cc1. The molecule has 6 heteroatoms. The first kappa shape index (κ1) is 17.0. The smallest absolute Gasteiger partial charge is 0.256 e. The van der Waals surface area contributed by atoms with Gasteiger partial charge in [0.05, 0.1) is 12.2 Å². The Balaban J connectivity index is 1.95. The maximum atomic E-state index is 12.2. The minimum atomic E-state index is -0.558. The number of thiophene rings is 1. The number of carbonyl (C=O) groups excluding carboxylic acids is 2. The van der Waals surface area contributed by atoms with Gasteiger partial charge in [-0.1, -0.05) is 19.8 Å². The zero-order valence-corrected chi connectivity index (χ0v) is 13.8. The van der Waals surface area contributed by atoms with Crippen LogP contribution in [0.4, 0.5) is 5.00 Å². The van der Waals surface area contributed by atoms with Crippen LogP contribution < -0.4 is 15.8 Å². The van der Waals surface area contributed by atoms with Crippen LogP contribution in [-0.2, 0) is 0 Å².